The van der Waals surface area contributed by atoms with Gasteiger partial charge in [0.1, 0.15) is 17.6 Å². The Morgan fingerprint density at radius 3 is 2.92 bits per heavy atom. The highest BCUT2D eigenvalue weighted by atomic mass is 32.1. The molecule has 0 saturated carbocycles. The number of rotatable bonds is 6. The van der Waals surface area contributed by atoms with Gasteiger partial charge in [0, 0.05) is 24.3 Å². The van der Waals surface area contributed by atoms with Crippen molar-refractivity contribution in [2.45, 2.75) is 12.5 Å². The maximum absolute atomic E-state index is 12.5. The van der Waals surface area contributed by atoms with E-state index >= 15 is 0 Å². The number of carbonyl (C=O) groups excluding carboxylic acids is 1. The molecule has 0 spiro atoms. The number of nitrogens with zero attached hydrogens (tertiary/aromatic N) is 2. The van der Waals surface area contributed by atoms with E-state index in [9.17, 15) is 4.79 Å². The van der Waals surface area contributed by atoms with Crippen LogP contribution in [-0.2, 0) is 18.3 Å². The molecular weight excluding hydrogens is 322 g/mol. The van der Waals surface area contributed by atoms with Crippen LogP contribution in [0, 0.1) is 0 Å². The average Bonchev–Trinajstić information content (AvgIpc) is 3.24. The van der Waals surface area contributed by atoms with E-state index in [-0.39, 0.29) is 11.9 Å². The molecular formula is C18H19N3O2S. The van der Waals surface area contributed by atoms with Crippen LogP contribution in [0.3, 0.4) is 0 Å². The Labute approximate surface area is 144 Å². The van der Waals surface area contributed by atoms with Gasteiger partial charge < -0.3 is 14.6 Å². The molecule has 2 aromatic heterocycles. The summed E-state index contributed by atoms with van der Waals surface area (Å²) in [7, 11) is 3.55. The lowest BCUT2D eigenvalue weighted by Crippen LogP contribution is -2.32. The predicted octanol–water partition coefficient (Wildman–Crippen LogP) is 2.94. The summed E-state index contributed by atoms with van der Waals surface area (Å²) in [6.07, 6.45) is 3.96. The summed E-state index contributed by atoms with van der Waals surface area (Å²) in [6, 6.07) is 11.3. The summed E-state index contributed by atoms with van der Waals surface area (Å²) in [6.45, 7) is 0. The number of methoxy groups -OCH3 is 1. The van der Waals surface area contributed by atoms with Crippen molar-refractivity contribution in [2.24, 2.45) is 7.05 Å². The van der Waals surface area contributed by atoms with Crippen LogP contribution in [0.25, 0.3) is 0 Å². The molecule has 0 fully saturated rings. The summed E-state index contributed by atoms with van der Waals surface area (Å²) in [5, 5.41) is 5.07. The van der Waals surface area contributed by atoms with Crippen LogP contribution in [0.2, 0.25) is 0 Å². The summed E-state index contributed by atoms with van der Waals surface area (Å²) < 4.78 is 7.22. The minimum absolute atomic E-state index is 0.0340. The molecule has 6 heteroatoms. The van der Waals surface area contributed by atoms with E-state index in [0.717, 1.165) is 22.0 Å². The molecule has 0 saturated heterocycles. The van der Waals surface area contributed by atoms with Gasteiger partial charge in [0.05, 0.1) is 13.5 Å². The van der Waals surface area contributed by atoms with Crippen molar-refractivity contribution in [1.82, 2.24) is 14.9 Å². The van der Waals surface area contributed by atoms with Gasteiger partial charge in [-0.05, 0) is 29.1 Å². The van der Waals surface area contributed by atoms with E-state index in [1.165, 1.54) is 0 Å². The van der Waals surface area contributed by atoms with Gasteiger partial charge in [0.2, 0.25) is 5.91 Å². The first-order valence-electron chi connectivity index (χ1n) is 7.60. The number of hydrogen-bond acceptors (Lipinski definition) is 4. The van der Waals surface area contributed by atoms with Crippen LogP contribution in [-0.4, -0.2) is 22.6 Å². The molecule has 3 rings (SSSR count). The number of aromatic nitrogens is 2. The number of carbonyl (C=O) groups is 1. The summed E-state index contributed by atoms with van der Waals surface area (Å²) in [4.78, 5) is 17.9. The van der Waals surface area contributed by atoms with Crippen molar-refractivity contribution in [2.75, 3.05) is 7.11 Å². The van der Waals surface area contributed by atoms with Crippen LogP contribution < -0.4 is 10.1 Å². The van der Waals surface area contributed by atoms with Crippen LogP contribution in [0.15, 0.2) is 54.2 Å². The number of ether oxygens (including phenoxy) is 1. The van der Waals surface area contributed by atoms with Crippen molar-refractivity contribution in [3.63, 3.8) is 0 Å². The van der Waals surface area contributed by atoms with E-state index in [0.29, 0.717) is 6.42 Å². The first-order chi connectivity index (χ1) is 11.7. The molecule has 2 heterocycles. The second kappa shape index (κ2) is 7.31. The number of nitrogens with one attached hydrogen (secondary N) is 1. The molecule has 0 bridgehead atoms. The monoisotopic (exact) mass is 341 g/mol. The van der Waals surface area contributed by atoms with Crippen LogP contribution in [0.5, 0.6) is 5.75 Å². The maximum Gasteiger partial charge on any atom is 0.226 e. The van der Waals surface area contributed by atoms with Crippen molar-refractivity contribution in [3.8, 4) is 5.75 Å². The van der Waals surface area contributed by atoms with E-state index in [1.54, 1.807) is 24.6 Å². The second-order valence-electron chi connectivity index (χ2n) is 5.43. The molecule has 0 aliphatic rings. The summed E-state index contributed by atoms with van der Waals surface area (Å²) in [5.74, 6) is 1.50. The third kappa shape index (κ3) is 3.65. The number of imidazole rings is 1. The first kappa shape index (κ1) is 16.3. The SMILES string of the molecule is COc1cccc(C(NC(=O)Cc2cccs2)c2nccn2C)c1. The lowest BCUT2D eigenvalue weighted by Gasteiger charge is -2.19. The Bertz CT molecular complexity index is 811. The Kier molecular flexibility index (Phi) is 4.96. The number of aryl methyl sites for hydroxylation is 1. The number of benzene rings is 1. The zero-order chi connectivity index (χ0) is 16.9. The lowest BCUT2D eigenvalue weighted by atomic mass is 10.1. The minimum atomic E-state index is -0.326. The Morgan fingerprint density at radius 1 is 1.38 bits per heavy atom. The molecule has 1 N–H and O–H groups in total. The highest BCUT2D eigenvalue weighted by Crippen LogP contribution is 2.24. The molecule has 24 heavy (non-hydrogen) atoms. The second-order valence-corrected chi connectivity index (χ2v) is 6.46. The third-order valence-corrected chi connectivity index (χ3v) is 4.64. The fourth-order valence-electron chi connectivity index (χ4n) is 2.56. The third-order valence-electron chi connectivity index (χ3n) is 3.76. The largest absolute Gasteiger partial charge is 0.497 e. The highest BCUT2D eigenvalue weighted by Gasteiger charge is 2.21. The van der Waals surface area contributed by atoms with Crippen molar-refractivity contribution < 1.29 is 9.53 Å². The number of amides is 1. The van der Waals surface area contributed by atoms with Crippen LogP contribution in [0.1, 0.15) is 22.3 Å². The van der Waals surface area contributed by atoms with Crippen LogP contribution in [0.4, 0.5) is 0 Å². The fraction of sp³-hybridized carbons (Fsp3) is 0.222. The first-order valence-corrected chi connectivity index (χ1v) is 8.48. The predicted molar refractivity (Wildman–Crippen MR) is 94.2 cm³/mol. The highest BCUT2D eigenvalue weighted by molar-refractivity contribution is 7.10. The summed E-state index contributed by atoms with van der Waals surface area (Å²) in [5.41, 5.74) is 0.933. The fourth-order valence-corrected chi connectivity index (χ4v) is 3.26. The normalized spacial score (nSPS) is 11.9. The van der Waals surface area contributed by atoms with Gasteiger partial charge in [-0.15, -0.1) is 11.3 Å². The lowest BCUT2D eigenvalue weighted by molar-refractivity contribution is -0.120. The van der Waals surface area contributed by atoms with E-state index in [4.69, 9.17) is 4.74 Å². The summed E-state index contributed by atoms with van der Waals surface area (Å²) >= 11 is 1.58. The number of thiophene rings is 1. The molecule has 3 aromatic rings. The van der Waals surface area contributed by atoms with Gasteiger partial charge in [-0.1, -0.05) is 18.2 Å². The topological polar surface area (TPSA) is 56.1 Å². The molecule has 5 nitrogen and oxygen atoms in total. The Morgan fingerprint density at radius 2 is 2.25 bits per heavy atom. The van der Waals surface area contributed by atoms with Gasteiger partial charge in [0.25, 0.3) is 0 Å². The molecule has 0 aliphatic carbocycles. The van der Waals surface area contributed by atoms with Gasteiger partial charge in [-0.25, -0.2) is 4.98 Å². The zero-order valence-electron chi connectivity index (χ0n) is 13.6. The van der Waals surface area contributed by atoms with Crippen LogP contribution >= 0.6 is 11.3 Å². The average molecular weight is 341 g/mol. The molecule has 0 aliphatic heterocycles. The van der Waals surface area contributed by atoms with E-state index in [2.05, 4.69) is 10.3 Å². The van der Waals surface area contributed by atoms with Crippen molar-refractivity contribution in [3.05, 3.63) is 70.4 Å². The van der Waals surface area contributed by atoms with Gasteiger partial charge in [-0.3, -0.25) is 4.79 Å². The van der Waals surface area contributed by atoms with E-state index < -0.39 is 0 Å². The van der Waals surface area contributed by atoms with Crippen molar-refractivity contribution >= 4 is 17.2 Å². The molecule has 1 atom stereocenters. The van der Waals surface area contributed by atoms with Gasteiger partial charge >= 0.3 is 0 Å². The quantitative estimate of drug-likeness (QED) is 0.750. The zero-order valence-corrected chi connectivity index (χ0v) is 14.4. The van der Waals surface area contributed by atoms with Gasteiger partial charge in [0.15, 0.2) is 0 Å². The maximum atomic E-state index is 12.5. The molecule has 1 aromatic carbocycles. The molecule has 0 radical (unpaired) electrons. The smallest absolute Gasteiger partial charge is 0.226 e. The Hall–Kier alpha value is -2.60. The molecule has 1 unspecified atom stereocenters. The van der Waals surface area contributed by atoms with Crippen molar-refractivity contribution in [1.29, 1.82) is 0 Å². The minimum Gasteiger partial charge on any atom is -0.497 e. The Balaban J connectivity index is 1.87. The molecule has 1 amide bonds. The molecule has 124 valence electrons. The van der Waals surface area contributed by atoms with E-state index in [1.807, 2.05) is 59.6 Å². The van der Waals surface area contributed by atoms with Gasteiger partial charge in [-0.2, -0.15) is 0 Å². The standard InChI is InChI=1S/C18H19N3O2S/c1-21-9-8-19-18(21)17(13-5-3-6-14(11-13)23-2)20-16(22)12-15-7-4-10-24-15/h3-11,17H,12H2,1-2H3,(H,20,22). The number of hydrogen-bond donors (Lipinski definition) is 1.